The molecule has 2 N–H and O–H groups in total. The zero-order chi connectivity index (χ0) is 13.9. The van der Waals surface area contributed by atoms with Crippen LogP contribution in [0.5, 0.6) is 0 Å². The summed E-state index contributed by atoms with van der Waals surface area (Å²) in [5.41, 5.74) is -0.261. The van der Waals surface area contributed by atoms with Crippen molar-refractivity contribution in [3.8, 4) is 0 Å². The molecular weight excluding hydrogens is 230 g/mol. The van der Waals surface area contributed by atoms with Crippen molar-refractivity contribution in [2.75, 3.05) is 20.1 Å². The van der Waals surface area contributed by atoms with Crippen molar-refractivity contribution in [3.63, 3.8) is 0 Å². The third-order valence-electron chi connectivity index (χ3n) is 3.11. The Morgan fingerprint density at radius 3 is 2.44 bits per heavy atom. The van der Waals surface area contributed by atoms with Crippen LogP contribution in [0.4, 0.5) is 0 Å². The SMILES string of the molecule is CC1NCCC1C(=O)N(C)CC(=O)NC(C)(C)C. The van der Waals surface area contributed by atoms with Gasteiger partial charge >= 0.3 is 0 Å². The van der Waals surface area contributed by atoms with Gasteiger partial charge in [-0.1, -0.05) is 0 Å². The second-order valence-corrected chi connectivity index (χ2v) is 6.13. The number of nitrogens with zero attached hydrogens (tertiary/aromatic N) is 1. The molecule has 1 rings (SSSR count). The molecule has 1 fully saturated rings. The molecule has 5 heteroatoms. The molecule has 0 aromatic carbocycles. The van der Waals surface area contributed by atoms with Gasteiger partial charge in [0.15, 0.2) is 0 Å². The molecule has 5 nitrogen and oxygen atoms in total. The van der Waals surface area contributed by atoms with Crippen LogP contribution in [-0.2, 0) is 9.59 Å². The van der Waals surface area contributed by atoms with Crippen molar-refractivity contribution in [2.24, 2.45) is 5.92 Å². The van der Waals surface area contributed by atoms with Crippen LogP contribution in [0.2, 0.25) is 0 Å². The molecule has 1 heterocycles. The minimum absolute atomic E-state index is 0.00237. The number of carbonyl (C=O) groups excluding carboxylic acids is 2. The van der Waals surface area contributed by atoms with Crippen molar-refractivity contribution < 1.29 is 9.59 Å². The van der Waals surface area contributed by atoms with Crippen molar-refractivity contribution in [3.05, 3.63) is 0 Å². The van der Waals surface area contributed by atoms with Crippen LogP contribution in [0.1, 0.15) is 34.1 Å². The minimum atomic E-state index is -0.261. The van der Waals surface area contributed by atoms with E-state index < -0.39 is 0 Å². The van der Waals surface area contributed by atoms with Gasteiger partial charge in [-0.15, -0.1) is 0 Å². The highest BCUT2D eigenvalue weighted by Crippen LogP contribution is 2.17. The molecule has 0 spiro atoms. The van der Waals surface area contributed by atoms with Gasteiger partial charge in [0, 0.05) is 18.6 Å². The molecule has 0 radical (unpaired) electrons. The van der Waals surface area contributed by atoms with Gasteiger partial charge in [-0.25, -0.2) is 0 Å². The van der Waals surface area contributed by atoms with Gasteiger partial charge < -0.3 is 15.5 Å². The van der Waals surface area contributed by atoms with E-state index in [-0.39, 0.29) is 35.9 Å². The third-order valence-corrected chi connectivity index (χ3v) is 3.11. The van der Waals surface area contributed by atoms with E-state index in [0.29, 0.717) is 0 Å². The molecule has 104 valence electrons. The number of nitrogens with one attached hydrogen (secondary N) is 2. The van der Waals surface area contributed by atoms with Gasteiger partial charge in [-0.05, 0) is 40.7 Å². The van der Waals surface area contributed by atoms with Crippen molar-refractivity contribution in [2.45, 2.75) is 45.7 Å². The first-order valence-electron chi connectivity index (χ1n) is 6.50. The summed E-state index contributed by atoms with van der Waals surface area (Å²) < 4.78 is 0. The highest BCUT2D eigenvalue weighted by atomic mass is 16.2. The molecule has 2 atom stereocenters. The molecule has 18 heavy (non-hydrogen) atoms. The molecule has 1 saturated heterocycles. The molecule has 0 aromatic heterocycles. The number of carbonyl (C=O) groups is 2. The van der Waals surface area contributed by atoms with Gasteiger partial charge in [0.05, 0.1) is 12.5 Å². The summed E-state index contributed by atoms with van der Waals surface area (Å²) in [5, 5.41) is 6.11. The van der Waals surface area contributed by atoms with Gasteiger partial charge in [0.2, 0.25) is 11.8 Å². The number of likely N-dealkylation sites (N-methyl/N-ethyl adjacent to an activating group) is 1. The Morgan fingerprint density at radius 1 is 1.39 bits per heavy atom. The Kier molecular flexibility index (Phi) is 4.73. The Balaban J connectivity index is 2.47. The van der Waals surface area contributed by atoms with Crippen molar-refractivity contribution in [1.29, 1.82) is 0 Å². The van der Waals surface area contributed by atoms with E-state index in [1.807, 2.05) is 27.7 Å². The average Bonchev–Trinajstić information content (AvgIpc) is 2.60. The van der Waals surface area contributed by atoms with E-state index in [2.05, 4.69) is 10.6 Å². The average molecular weight is 255 g/mol. The summed E-state index contributed by atoms with van der Waals surface area (Å²) in [6, 6.07) is 0.200. The highest BCUT2D eigenvalue weighted by Gasteiger charge is 2.32. The first-order chi connectivity index (χ1) is 8.20. The second kappa shape index (κ2) is 5.69. The minimum Gasteiger partial charge on any atom is -0.350 e. The molecule has 2 amide bonds. The lowest BCUT2D eigenvalue weighted by Crippen LogP contribution is -2.48. The fourth-order valence-corrected chi connectivity index (χ4v) is 2.23. The van der Waals surface area contributed by atoms with E-state index in [1.165, 1.54) is 4.90 Å². The molecule has 0 saturated carbocycles. The fraction of sp³-hybridized carbons (Fsp3) is 0.846. The predicted molar refractivity (Wildman–Crippen MR) is 71.1 cm³/mol. The van der Waals surface area contributed by atoms with Crippen LogP contribution in [0.3, 0.4) is 0 Å². The van der Waals surface area contributed by atoms with E-state index >= 15 is 0 Å². The summed E-state index contributed by atoms with van der Waals surface area (Å²) in [6.45, 7) is 8.79. The first-order valence-corrected chi connectivity index (χ1v) is 6.50. The Labute approximate surface area is 109 Å². The lowest BCUT2D eigenvalue weighted by molar-refractivity contribution is -0.138. The zero-order valence-electron chi connectivity index (χ0n) is 12.0. The number of hydrogen-bond donors (Lipinski definition) is 2. The zero-order valence-corrected chi connectivity index (χ0v) is 12.0. The quantitative estimate of drug-likeness (QED) is 0.765. The van der Waals surface area contributed by atoms with Gasteiger partial charge in [-0.2, -0.15) is 0 Å². The molecular formula is C13H25N3O2. The van der Waals surface area contributed by atoms with Gasteiger partial charge in [0.1, 0.15) is 0 Å². The Hall–Kier alpha value is -1.10. The topological polar surface area (TPSA) is 61.4 Å². The van der Waals surface area contributed by atoms with Gasteiger partial charge in [-0.3, -0.25) is 9.59 Å². The Bertz CT molecular complexity index is 323. The summed E-state index contributed by atoms with van der Waals surface area (Å²) in [7, 11) is 1.69. The molecule has 0 aromatic rings. The van der Waals surface area contributed by atoms with Gasteiger partial charge in [0.25, 0.3) is 0 Å². The summed E-state index contributed by atoms with van der Waals surface area (Å²) >= 11 is 0. The van der Waals surface area contributed by atoms with Crippen molar-refractivity contribution in [1.82, 2.24) is 15.5 Å². The lowest BCUT2D eigenvalue weighted by atomic mass is 10.0. The van der Waals surface area contributed by atoms with E-state index in [1.54, 1.807) is 7.05 Å². The standard InChI is InChI=1S/C13H25N3O2/c1-9-10(6-7-14-9)12(18)16(5)8-11(17)15-13(2,3)4/h9-10,14H,6-8H2,1-5H3,(H,15,17). The third kappa shape index (κ3) is 4.29. The molecule has 1 aliphatic heterocycles. The number of hydrogen-bond acceptors (Lipinski definition) is 3. The fourth-order valence-electron chi connectivity index (χ4n) is 2.23. The summed E-state index contributed by atoms with van der Waals surface area (Å²) in [4.78, 5) is 25.4. The molecule has 0 aliphatic carbocycles. The van der Waals surface area contributed by atoms with Crippen LogP contribution in [0.25, 0.3) is 0 Å². The maximum absolute atomic E-state index is 12.2. The number of rotatable bonds is 3. The van der Waals surface area contributed by atoms with Crippen molar-refractivity contribution >= 4 is 11.8 Å². The maximum Gasteiger partial charge on any atom is 0.240 e. The molecule has 1 aliphatic rings. The normalized spacial score (nSPS) is 23.8. The summed E-state index contributed by atoms with van der Waals surface area (Å²) in [6.07, 6.45) is 0.852. The highest BCUT2D eigenvalue weighted by molar-refractivity contribution is 5.86. The van der Waals surface area contributed by atoms with Crippen LogP contribution in [0.15, 0.2) is 0 Å². The Morgan fingerprint density at radius 2 is 2.00 bits per heavy atom. The molecule has 0 bridgehead atoms. The largest absolute Gasteiger partial charge is 0.350 e. The maximum atomic E-state index is 12.2. The second-order valence-electron chi connectivity index (χ2n) is 6.13. The predicted octanol–water partition coefficient (Wildman–Crippen LogP) is 0.358. The van der Waals surface area contributed by atoms with E-state index in [9.17, 15) is 9.59 Å². The number of amides is 2. The smallest absolute Gasteiger partial charge is 0.240 e. The van der Waals surface area contributed by atoms with E-state index in [4.69, 9.17) is 0 Å². The first kappa shape index (κ1) is 15.0. The van der Waals surface area contributed by atoms with Crippen LogP contribution < -0.4 is 10.6 Å². The van der Waals surface area contributed by atoms with Crippen LogP contribution in [0, 0.1) is 5.92 Å². The van der Waals surface area contributed by atoms with Crippen LogP contribution in [-0.4, -0.2) is 48.4 Å². The lowest BCUT2D eigenvalue weighted by Gasteiger charge is -2.25. The molecule has 2 unspecified atom stereocenters. The summed E-state index contributed by atoms with van der Waals surface area (Å²) in [5.74, 6) is -0.0639. The monoisotopic (exact) mass is 255 g/mol. The van der Waals surface area contributed by atoms with E-state index in [0.717, 1.165) is 13.0 Å². The van der Waals surface area contributed by atoms with Crippen LogP contribution >= 0.6 is 0 Å².